The zero-order valence-corrected chi connectivity index (χ0v) is 18.4. The van der Waals surface area contributed by atoms with E-state index in [4.69, 9.17) is 21.5 Å². The van der Waals surface area contributed by atoms with Crippen LogP contribution in [0.1, 0.15) is 24.8 Å². The van der Waals surface area contributed by atoms with Gasteiger partial charge in [-0.15, -0.1) is 35.9 Å². The van der Waals surface area contributed by atoms with Crippen molar-refractivity contribution in [1.82, 2.24) is 0 Å². The third-order valence-corrected chi connectivity index (χ3v) is 4.56. The van der Waals surface area contributed by atoms with E-state index in [1.807, 2.05) is 0 Å². The van der Waals surface area contributed by atoms with E-state index in [0.717, 1.165) is 0 Å². The molecule has 1 aliphatic heterocycles. The second-order valence-electron chi connectivity index (χ2n) is 6.28. The van der Waals surface area contributed by atoms with E-state index >= 15 is 0 Å². The van der Waals surface area contributed by atoms with Gasteiger partial charge in [0, 0.05) is 25.9 Å². The second kappa shape index (κ2) is 11.3. The maximum atomic E-state index is 13.8. The predicted octanol–water partition coefficient (Wildman–Crippen LogP) is 5.38. The fraction of sp³-hybridized carbons (Fsp3) is 0.389. The van der Waals surface area contributed by atoms with Crippen LogP contribution < -0.4 is 0 Å². The number of nitrogens with zero attached hydrogens (tertiary/aromatic N) is 1. The molecular weight excluding hydrogens is 639 g/mol. The van der Waals surface area contributed by atoms with Crippen molar-refractivity contribution in [2.24, 2.45) is 5.92 Å². The van der Waals surface area contributed by atoms with Crippen molar-refractivity contribution >= 4 is 23.3 Å². The summed E-state index contributed by atoms with van der Waals surface area (Å²) in [7, 11) is 0. The summed E-state index contributed by atoms with van der Waals surface area (Å²) in [6.45, 7) is 0. The van der Waals surface area contributed by atoms with Crippen molar-refractivity contribution in [2.45, 2.75) is 37.7 Å². The predicted molar refractivity (Wildman–Crippen MR) is 93.9 cm³/mol. The molecule has 31 heavy (non-hydrogen) atoms. The third kappa shape index (κ3) is 7.78. The molecule has 2 unspecified atom stereocenters. The van der Waals surface area contributed by atoms with E-state index in [1.165, 1.54) is 18.2 Å². The molecule has 0 bridgehead atoms. The first-order chi connectivity index (χ1) is 13.3. The smallest absolute Gasteiger partial charge is 0.490 e. The molecule has 0 spiro atoms. The molecule has 1 aliphatic carbocycles. The van der Waals surface area contributed by atoms with E-state index in [9.17, 15) is 30.7 Å². The molecule has 0 amide bonds. The molecule has 0 saturated heterocycles. The van der Waals surface area contributed by atoms with Crippen LogP contribution >= 0.6 is 11.6 Å². The van der Waals surface area contributed by atoms with Gasteiger partial charge in [0.05, 0.1) is 5.92 Å². The minimum Gasteiger partial charge on any atom is -0.721 e. The largest absolute Gasteiger partial charge is 0.721 e. The zero-order chi connectivity index (χ0) is 22.0. The molecule has 1 heterocycles. The van der Waals surface area contributed by atoms with E-state index in [0.29, 0.717) is 5.57 Å². The van der Waals surface area contributed by atoms with Crippen LogP contribution in [0.4, 0.5) is 30.7 Å². The molecule has 13 heteroatoms. The number of carboxylic acid groups (broad SMARTS) is 1. The molecule has 0 aromatic heterocycles. The topological polar surface area (TPSA) is 82.9 Å². The zero-order valence-electron chi connectivity index (χ0n) is 15.2. The summed E-state index contributed by atoms with van der Waals surface area (Å²) in [5.41, 5.74) is 0.985. The number of carbonyl (C=O) groups is 1. The number of hydrogen-bond acceptors (Lipinski definition) is 1. The van der Waals surface area contributed by atoms with E-state index in [-0.39, 0.29) is 67.2 Å². The molecule has 1 fully saturated rings. The van der Waals surface area contributed by atoms with Crippen LogP contribution in [0.3, 0.4) is 0 Å². The van der Waals surface area contributed by atoms with Crippen LogP contribution in [0.25, 0.3) is 11.0 Å². The van der Waals surface area contributed by atoms with Gasteiger partial charge in [0.1, 0.15) is 0 Å². The van der Waals surface area contributed by atoms with E-state index in [2.05, 4.69) is 11.4 Å². The number of benzene rings is 1. The fourth-order valence-electron chi connectivity index (χ4n) is 2.88. The van der Waals surface area contributed by atoms with Gasteiger partial charge in [-0.1, -0.05) is 29.7 Å². The minimum absolute atomic E-state index is 0. The summed E-state index contributed by atoms with van der Waals surface area (Å²) in [5, 5.41) is 11.7. The standard InChI is InChI=1S/C16H12ClF4N.C2HF3O2.Ir.H2O/c17-12-8-9-7-10(16(19,20)21)5-6-14(9)22-15(12)11-3-1-2-4-13(11)18;3-2(4,5)1(6)7;;/h1-2,4,8,10,14H,5-7H2;(H,6,7);;1H2/q-2;;;. The van der Waals surface area contributed by atoms with Gasteiger partial charge in [0.25, 0.3) is 0 Å². The van der Waals surface area contributed by atoms with Gasteiger partial charge in [-0.2, -0.15) is 26.3 Å². The Labute approximate surface area is 190 Å². The van der Waals surface area contributed by atoms with Gasteiger partial charge < -0.3 is 15.9 Å². The molecule has 3 N–H and O–H groups in total. The van der Waals surface area contributed by atoms with Crippen molar-refractivity contribution in [3.8, 4) is 0 Å². The Morgan fingerprint density at radius 1 is 1.19 bits per heavy atom. The van der Waals surface area contributed by atoms with Crippen molar-refractivity contribution < 1.29 is 66.2 Å². The number of aliphatic carboxylic acids is 1. The van der Waals surface area contributed by atoms with Crippen LogP contribution in [0.2, 0.25) is 0 Å². The monoisotopic (exact) mass is 654 g/mol. The Hall–Kier alpha value is -1.62. The Bertz CT molecular complexity index is 840. The van der Waals surface area contributed by atoms with Gasteiger partial charge in [-0.25, -0.2) is 10.5 Å². The molecule has 1 saturated carbocycles. The number of allylic oxidation sites excluding steroid dienone is 2. The summed E-state index contributed by atoms with van der Waals surface area (Å²) in [4.78, 5) is 8.90. The first kappa shape index (κ1) is 29.4. The molecule has 2 atom stereocenters. The molecular formula is C18H15ClF7IrNO3-2. The Kier molecular flexibility index (Phi) is 10.7. The molecule has 3 rings (SSSR count). The SMILES string of the molecule is Fc1ccc[c-]c1C1=C(Cl)C=C2CC(C(F)(F)F)CCC2[N-]1.O.O=C(O)C(F)(F)F.[Ir]. The van der Waals surface area contributed by atoms with Crippen LogP contribution in [0, 0.1) is 17.8 Å². The summed E-state index contributed by atoms with van der Waals surface area (Å²) < 4.78 is 84.1. The number of alkyl halides is 6. The van der Waals surface area contributed by atoms with Gasteiger partial charge in [-0.05, 0) is 17.9 Å². The van der Waals surface area contributed by atoms with Crippen LogP contribution in [-0.4, -0.2) is 34.9 Å². The quantitative estimate of drug-likeness (QED) is 0.326. The van der Waals surface area contributed by atoms with Crippen LogP contribution in [0.5, 0.6) is 0 Å². The Morgan fingerprint density at radius 2 is 1.77 bits per heavy atom. The van der Waals surface area contributed by atoms with Gasteiger partial charge in [-0.3, -0.25) is 4.39 Å². The second-order valence-corrected chi connectivity index (χ2v) is 6.68. The minimum atomic E-state index is -5.08. The van der Waals surface area contributed by atoms with Crippen molar-refractivity contribution in [2.75, 3.05) is 0 Å². The fourth-order valence-corrected chi connectivity index (χ4v) is 3.16. The number of halogens is 8. The van der Waals surface area contributed by atoms with E-state index in [1.54, 1.807) is 6.07 Å². The van der Waals surface area contributed by atoms with Gasteiger partial charge >= 0.3 is 18.3 Å². The summed E-state index contributed by atoms with van der Waals surface area (Å²) >= 11 is 6.11. The van der Waals surface area contributed by atoms with Gasteiger partial charge in [0.15, 0.2) is 0 Å². The van der Waals surface area contributed by atoms with Crippen molar-refractivity contribution in [1.29, 1.82) is 0 Å². The Morgan fingerprint density at radius 3 is 2.26 bits per heavy atom. The summed E-state index contributed by atoms with van der Waals surface area (Å²) in [5.74, 6) is -4.61. The van der Waals surface area contributed by atoms with Gasteiger partial charge in [0.2, 0.25) is 0 Å². The molecule has 1 aromatic rings. The van der Waals surface area contributed by atoms with Crippen LogP contribution in [0.15, 0.2) is 34.9 Å². The Balaban J connectivity index is 0.000000875. The van der Waals surface area contributed by atoms with Crippen molar-refractivity contribution in [3.63, 3.8) is 0 Å². The molecule has 1 aromatic carbocycles. The molecule has 2 aliphatic rings. The number of carboxylic acids is 1. The summed E-state index contributed by atoms with van der Waals surface area (Å²) in [6.07, 6.45) is -7.56. The first-order valence-corrected chi connectivity index (χ1v) is 8.53. The van der Waals surface area contributed by atoms with Crippen molar-refractivity contribution in [3.05, 3.63) is 57.6 Å². The van der Waals surface area contributed by atoms with Crippen LogP contribution in [-0.2, 0) is 24.9 Å². The molecule has 4 nitrogen and oxygen atoms in total. The molecule has 1 radical (unpaired) electrons. The average molecular weight is 654 g/mol. The number of hydrogen-bond donors (Lipinski definition) is 1. The maximum Gasteiger partial charge on any atom is 0.490 e. The number of rotatable bonds is 1. The third-order valence-electron chi connectivity index (χ3n) is 4.27. The maximum absolute atomic E-state index is 13.8. The number of fused-ring (bicyclic) bond motifs is 1. The first-order valence-electron chi connectivity index (χ1n) is 8.15. The molecule has 177 valence electrons. The average Bonchev–Trinajstić information content (AvgIpc) is 2.60. The summed E-state index contributed by atoms with van der Waals surface area (Å²) in [6, 6.07) is 6.72. The van der Waals surface area contributed by atoms with E-state index < -0.39 is 30.1 Å². The normalized spacial score (nSPS) is 20.6.